The number of hydrogen-bond donors (Lipinski definition) is 0. The standard InChI is InChI=1S/C14H10ClN3O3S/c1-2-21-13(20)9-10(19)8-4-3-5-16-12(8)18(11(9)15)14-17-6-7-22-14/h3-7H,2H2,1H3. The number of carbonyl (C=O) groups excluding carboxylic acids is 1. The number of thiazole rings is 1. The molecule has 0 bridgehead atoms. The first-order valence-electron chi connectivity index (χ1n) is 6.41. The summed E-state index contributed by atoms with van der Waals surface area (Å²) < 4.78 is 6.42. The summed E-state index contributed by atoms with van der Waals surface area (Å²) in [7, 11) is 0. The molecule has 6 nitrogen and oxygen atoms in total. The van der Waals surface area contributed by atoms with Crippen molar-refractivity contribution in [3.63, 3.8) is 0 Å². The third kappa shape index (κ3) is 2.28. The number of pyridine rings is 2. The third-order valence-corrected chi connectivity index (χ3v) is 4.08. The molecular formula is C14H10ClN3O3S. The molecular weight excluding hydrogens is 326 g/mol. The molecule has 0 saturated carbocycles. The van der Waals surface area contributed by atoms with Crippen molar-refractivity contribution in [1.29, 1.82) is 0 Å². The van der Waals surface area contributed by atoms with E-state index in [0.29, 0.717) is 10.8 Å². The summed E-state index contributed by atoms with van der Waals surface area (Å²) in [6.45, 7) is 1.81. The summed E-state index contributed by atoms with van der Waals surface area (Å²) in [5.41, 5.74) is -0.362. The smallest absolute Gasteiger partial charge is 0.345 e. The van der Waals surface area contributed by atoms with E-state index >= 15 is 0 Å². The molecule has 8 heteroatoms. The summed E-state index contributed by atoms with van der Waals surface area (Å²) in [5, 5.41) is 2.51. The van der Waals surface area contributed by atoms with Gasteiger partial charge in [-0.2, -0.15) is 0 Å². The number of fused-ring (bicyclic) bond motifs is 1. The lowest BCUT2D eigenvalue weighted by Gasteiger charge is -2.12. The van der Waals surface area contributed by atoms with E-state index in [4.69, 9.17) is 16.3 Å². The highest BCUT2D eigenvalue weighted by atomic mass is 35.5. The summed E-state index contributed by atoms with van der Waals surface area (Å²) >= 11 is 7.62. The molecule has 0 radical (unpaired) electrons. The van der Waals surface area contributed by atoms with E-state index in [2.05, 4.69) is 9.97 Å². The molecule has 0 unspecified atom stereocenters. The Morgan fingerprint density at radius 2 is 2.23 bits per heavy atom. The molecule has 3 heterocycles. The van der Waals surface area contributed by atoms with Crippen LogP contribution in [0.2, 0.25) is 5.15 Å². The fourth-order valence-electron chi connectivity index (χ4n) is 2.07. The van der Waals surface area contributed by atoms with Crippen LogP contribution in [0.5, 0.6) is 0 Å². The van der Waals surface area contributed by atoms with Gasteiger partial charge >= 0.3 is 5.97 Å². The second-order valence-electron chi connectivity index (χ2n) is 4.24. The third-order valence-electron chi connectivity index (χ3n) is 2.96. The van der Waals surface area contributed by atoms with Crippen molar-refractivity contribution in [2.24, 2.45) is 0 Å². The average molecular weight is 336 g/mol. The Kier molecular flexibility index (Phi) is 3.91. The van der Waals surface area contributed by atoms with Gasteiger partial charge in [-0.15, -0.1) is 11.3 Å². The quantitative estimate of drug-likeness (QED) is 0.543. The highest BCUT2D eigenvalue weighted by molar-refractivity contribution is 7.12. The average Bonchev–Trinajstić information content (AvgIpc) is 3.02. The Labute approximate surface area is 134 Å². The van der Waals surface area contributed by atoms with Crippen molar-refractivity contribution in [1.82, 2.24) is 14.5 Å². The fraction of sp³-hybridized carbons (Fsp3) is 0.143. The summed E-state index contributed by atoms with van der Waals surface area (Å²) in [6.07, 6.45) is 3.15. The van der Waals surface area contributed by atoms with Crippen LogP contribution in [0.1, 0.15) is 17.3 Å². The maximum Gasteiger partial charge on any atom is 0.345 e. The predicted octanol–water partition coefficient (Wildman–Crippen LogP) is 2.67. The normalized spacial score (nSPS) is 10.8. The van der Waals surface area contributed by atoms with Gasteiger partial charge in [0, 0.05) is 17.8 Å². The molecule has 0 saturated heterocycles. The maximum atomic E-state index is 12.5. The summed E-state index contributed by atoms with van der Waals surface area (Å²) in [6, 6.07) is 3.21. The highest BCUT2D eigenvalue weighted by Gasteiger charge is 2.24. The van der Waals surface area contributed by atoms with Crippen LogP contribution in [0.4, 0.5) is 0 Å². The van der Waals surface area contributed by atoms with E-state index in [-0.39, 0.29) is 22.7 Å². The first-order chi connectivity index (χ1) is 10.6. The first-order valence-corrected chi connectivity index (χ1v) is 7.67. The van der Waals surface area contributed by atoms with Crippen molar-refractivity contribution >= 4 is 39.9 Å². The van der Waals surface area contributed by atoms with Crippen molar-refractivity contribution in [3.05, 3.63) is 50.8 Å². The predicted molar refractivity (Wildman–Crippen MR) is 84.0 cm³/mol. The van der Waals surface area contributed by atoms with Crippen molar-refractivity contribution in [3.8, 4) is 5.13 Å². The second-order valence-corrected chi connectivity index (χ2v) is 5.47. The van der Waals surface area contributed by atoms with Crippen LogP contribution < -0.4 is 5.43 Å². The van der Waals surface area contributed by atoms with Crippen LogP contribution in [-0.4, -0.2) is 27.1 Å². The topological polar surface area (TPSA) is 74.1 Å². The number of esters is 1. The summed E-state index contributed by atoms with van der Waals surface area (Å²) in [4.78, 5) is 33.0. The SMILES string of the molecule is CCOC(=O)c1c(Cl)n(-c2nccs2)c2ncccc2c1=O. The molecule has 3 rings (SSSR count). The van der Waals surface area contributed by atoms with Crippen LogP contribution in [0.15, 0.2) is 34.7 Å². The molecule has 3 aromatic rings. The fourth-order valence-corrected chi connectivity index (χ4v) is 3.09. The van der Waals surface area contributed by atoms with Gasteiger partial charge in [-0.25, -0.2) is 14.8 Å². The van der Waals surface area contributed by atoms with Gasteiger partial charge < -0.3 is 4.74 Å². The molecule has 0 aliphatic rings. The van der Waals surface area contributed by atoms with E-state index in [0.717, 1.165) is 0 Å². The number of halogens is 1. The van der Waals surface area contributed by atoms with Gasteiger partial charge in [0.15, 0.2) is 10.8 Å². The number of hydrogen-bond acceptors (Lipinski definition) is 6. The van der Waals surface area contributed by atoms with Gasteiger partial charge in [0.1, 0.15) is 10.7 Å². The zero-order valence-corrected chi connectivity index (χ0v) is 13.0. The van der Waals surface area contributed by atoms with E-state index in [1.54, 1.807) is 36.8 Å². The Hall–Kier alpha value is -2.25. The lowest BCUT2D eigenvalue weighted by atomic mass is 10.2. The van der Waals surface area contributed by atoms with Crippen LogP contribution in [0, 0.1) is 0 Å². The van der Waals surface area contributed by atoms with Crippen LogP contribution in [0.25, 0.3) is 16.2 Å². The van der Waals surface area contributed by atoms with Gasteiger partial charge in [-0.05, 0) is 19.1 Å². The van der Waals surface area contributed by atoms with Gasteiger partial charge in [-0.3, -0.25) is 9.36 Å². The zero-order chi connectivity index (χ0) is 15.7. The number of nitrogens with zero attached hydrogens (tertiary/aromatic N) is 3. The van der Waals surface area contributed by atoms with Crippen LogP contribution >= 0.6 is 22.9 Å². The second kappa shape index (κ2) is 5.86. The van der Waals surface area contributed by atoms with Gasteiger partial charge in [-0.1, -0.05) is 11.6 Å². The van der Waals surface area contributed by atoms with E-state index in [9.17, 15) is 9.59 Å². The maximum absolute atomic E-state index is 12.5. The molecule has 0 amide bonds. The van der Waals surface area contributed by atoms with Crippen LogP contribution in [-0.2, 0) is 4.74 Å². The van der Waals surface area contributed by atoms with E-state index in [1.807, 2.05) is 0 Å². The lowest BCUT2D eigenvalue weighted by Crippen LogP contribution is -2.22. The monoisotopic (exact) mass is 335 g/mol. The molecule has 112 valence electrons. The van der Waals surface area contributed by atoms with Crippen LogP contribution in [0.3, 0.4) is 0 Å². The van der Waals surface area contributed by atoms with Gasteiger partial charge in [0.25, 0.3) is 0 Å². The minimum atomic E-state index is -0.756. The number of rotatable bonds is 3. The number of aromatic nitrogens is 3. The Balaban J connectivity index is 2.43. The molecule has 0 aliphatic heterocycles. The van der Waals surface area contributed by atoms with E-state index < -0.39 is 11.4 Å². The Morgan fingerprint density at radius 1 is 1.41 bits per heavy atom. The molecule has 0 N–H and O–H groups in total. The van der Waals surface area contributed by atoms with Crippen molar-refractivity contribution < 1.29 is 9.53 Å². The first kappa shape index (κ1) is 14.7. The highest BCUT2D eigenvalue weighted by Crippen LogP contribution is 2.25. The minimum Gasteiger partial charge on any atom is -0.462 e. The van der Waals surface area contributed by atoms with Crippen molar-refractivity contribution in [2.75, 3.05) is 6.61 Å². The molecule has 0 fully saturated rings. The molecule has 22 heavy (non-hydrogen) atoms. The summed E-state index contributed by atoms with van der Waals surface area (Å²) in [5.74, 6) is -0.756. The molecule has 0 aromatic carbocycles. The molecule has 0 spiro atoms. The minimum absolute atomic E-state index is 0.0513. The lowest BCUT2D eigenvalue weighted by molar-refractivity contribution is 0.0524. The van der Waals surface area contributed by atoms with Gasteiger partial charge in [0.05, 0.1) is 12.0 Å². The Bertz CT molecular complexity index is 906. The van der Waals surface area contributed by atoms with Gasteiger partial charge in [0.2, 0.25) is 5.43 Å². The molecule has 0 atom stereocenters. The Morgan fingerprint density at radius 3 is 2.91 bits per heavy atom. The largest absolute Gasteiger partial charge is 0.462 e. The van der Waals surface area contributed by atoms with E-state index in [1.165, 1.54) is 15.9 Å². The number of ether oxygens (including phenoxy) is 1. The van der Waals surface area contributed by atoms with Crippen molar-refractivity contribution in [2.45, 2.75) is 6.92 Å². The number of carbonyl (C=O) groups is 1. The zero-order valence-electron chi connectivity index (χ0n) is 11.4. The molecule has 3 aromatic heterocycles. The molecule has 0 aliphatic carbocycles.